The second kappa shape index (κ2) is 6.17. The third kappa shape index (κ3) is 3.84. The van der Waals surface area contributed by atoms with Gasteiger partial charge < -0.3 is 5.73 Å². The lowest BCUT2D eigenvalue weighted by molar-refractivity contribution is 0.581. The van der Waals surface area contributed by atoms with Gasteiger partial charge in [0.15, 0.2) is 0 Å². The molecule has 21 heavy (non-hydrogen) atoms. The van der Waals surface area contributed by atoms with Crippen LogP contribution in [0.25, 0.3) is 0 Å². The van der Waals surface area contributed by atoms with Gasteiger partial charge in [0.25, 0.3) is 0 Å². The molecular formula is C15H17BrN2O2S. The van der Waals surface area contributed by atoms with Crippen molar-refractivity contribution in [3.8, 4) is 0 Å². The summed E-state index contributed by atoms with van der Waals surface area (Å²) in [6.45, 7) is 3.95. The van der Waals surface area contributed by atoms with Crippen molar-refractivity contribution in [2.24, 2.45) is 0 Å². The number of aryl methyl sites for hydroxylation is 1. The molecule has 2 aromatic rings. The van der Waals surface area contributed by atoms with Crippen LogP contribution in [0.2, 0.25) is 0 Å². The quantitative estimate of drug-likeness (QED) is 0.814. The maximum Gasteiger partial charge on any atom is 0.240 e. The smallest absolute Gasteiger partial charge is 0.240 e. The van der Waals surface area contributed by atoms with Gasteiger partial charge in [-0.3, -0.25) is 0 Å². The van der Waals surface area contributed by atoms with E-state index in [4.69, 9.17) is 5.73 Å². The van der Waals surface area contributed by atoms with Gasteiger partial charge in [0.2, 0.25) is 10.0 Å². The molecule has 0 atom stereocenters. The normalized spacial score (nSPS) is 11.6. The molecule has 0 bridgehead atoms. The minimum Gasteiger partial charge on any atom is -0.398 e. The summed E-state index contributed by atoms with van der Waals surface area (Å²) in [4.78, 5) is 0.193. The highest BCUT2D eigenvalue weighted by molar-refractivity contribution is 9.10. The van der Waals surface area contributed by atoms with E-state index in [1.54, 1.807) is 6.07 Å². The number of rotatable bonds is 4. The Kier molecular flexibility index (Phi) is 4.70. The Balaban J connectivity index is 2.23. The fraction of sp³-hybridized carbons (Fsp3) is 0.200. The second-order valence-electron chi connectivity index (χ2n) is 4.91. The molecular weight excluding hydrogens is 352 g/mol. The molecule has 4 nitrogen and oxygen atoms in total. The number of hydrogen-bond acceptors (Lipinski definition) is 3. The Morgan fingerprint density at radius 1 is 1.19 bits per heavy atom. The summed E-state index contributed by atoms with van der Waals surface area (Å²) in [6.07, 6.45) is 0. The van der Waals surface area contributed by atoms with Crippen LogP contribution >= 0.6 is 15.9 Å². The average Bonchev–Trinajstić information content (AvgIpc) is 2.42. The first-order chi connectivity index (χ1) is 9.79. The maximum atomic E-state index is 12.3. The fourth-order valence-electron chi connectivity index (χ4n) is 1.92. The average molecular weight is 369 g/mol. The molecule has 0 saturated carbocycles. The van der Waals surface area contributed by atoms with E-state index in [0.717, 1.165) is 21.2 Å². The molecule has 0 aliphatic carbocycles. The zero-order valence-electron chi connectivity index (χ0n) is 11.9. The first-order valence-corrected chi connectivity index (χ1v) is 8.68. The third-order valence-electron chi connectivity index (χ3n) is 3.35. The number of nitrogens with one attached hydrogen (secondary N) is 1. The lowest BCUT2D eigenvalue weighted by atomic mass is 10.1. The summed E-state index contributed by atoms with van der Waals surface area (Å²) in [7, 11) is -3.58. The Hall–Kier alpha value is -1.37. The summed E-state index contributed by atoms with van der Waals surface area (Å²) in [5, 5.41) is 0. The van der Waals surface area contributed by atoms with Gasteiger partial charge in [-0.05, 0) is 54.8 Å². The zero-order chi connectivity index (χ0) is 15.6. The highest BCUT2D eigenvalue weighted by Crippen LogP contribution is 2.21. The molecule has 3 N–H and O–H groups in total. The number of hydrogen-bond donors (Lipinski definition) is 2. The Labute approximate surface area is 133 Å². The van der Waals surface area contributed by atoms with Crippen molar-refractivity contribution < 1.29 is 8.42 Å². The van der Waals surface area contributed by atoms with Crippen molar-refractivity contribution in [2.75, 3.05) is 5.73 Å². The third-order valence-corrected chi connectivity index (χ3v) is 5.22. The molecule has 0 aliphatic rings. The monoisotopic (exact) mass is 368 g/mol. The molecule has 6 heteroatoms. The van der Waals surface area contributed by atoms with Gasteiger partial charge in [-0.25, -0.2) is 13.1 Å². The van der Waals surface area contributed by atoms with Crippen molar-refractivity contribution >= 4 is 31.6 Å². The van der Waals surface area contributed by atoms with Crippen LogP contribution in [0, 0.1) is 13.8 Å². The van der Waals surface area contributed by atoms with Gasteiger partial charge in [-0.2, -0.15) is 0 Å². The Morgan fingerprint density at radius 2 is 1.90 bits per heavy atom. The summed E-state index contributed by atoms with van der Waals surface area (Å²) < 4.78 is 28.2. The number of nitrogen functional groups attached to an aromatic ring is 1. The SMILES string of the molecule is Cc1cc(S(=O)(=O)NCc2cccc(Br)c2)cc(N)c1C. The van der Waals surface area contributed by atoms with E-state index >= 15 is 0 Å². The van der Waals surface area contributed by atoms with Gasteiger partial charge in [0, 0.05) is 16.7 Å². The van der Waals surface area contributed by atoms with Gasteiger partial charge in [-0.1, -0.05) is 28.1 Å². The standard InChI is InChI=1S/C15H17BrN2O2S/c1-10-6-14(8-15(17)11(10)2)21(19,20)18-9-12-4-3-5-13(16)7-12/h3-8,18H,9,17H2,1-2H3. The largest absolute Gasteiger partial charge is 0.398 e. The van der Waals surface area contributed by atoms with Crippen LogP contribution in [-0.2, 0) is 16.6 Å². The maximum absolute atomic E-state index is 12.3. The molecule has 0 aliphatic heterocycles. The number of anilines is 1. The minimum atomic E-state index is -3.58. The predicted molar refractivity (Wildman–Crippen MR) is 88.5 cm³/mol. The molecule has 0 unspecified atom stereocenters. The van der Waals surface area contributed by atoms with E-state index in [-0.39, 0.29) is 11.4 Å². The van der Waals surface area contributed by atoms with E-state index < -0.39 is 10.0 Å². The van der Waals surface area contributed by atoms with Gasteiger partial charge in [-0.15, -0.1) is 0 Å². The number of halogens is 1. The number of benzene rings is 2. The van der Waals surface area contributed by atoms with Gasteiger partial charge in [0.1, 0.15) is 0 Å². The summed E-state index contributed by atoms with van der Waals surface area (Å²) in [6, 6.07) is 10.6. The number of sulfonamides is 1. The number of nitrogens with two attached hydrogens (primary N) is 1. The van der Waals surface area contributed by atoms with Crippen LogP contribution in [0.15, 0.2) is 45.8 Å². The highest BCUT2D eigenvalue weighted by Gasteiger charge is 2.16. The molecule has 0 aromatic heterocycles. The molecule has 0 spiro atoms. The van der Waals surface area contributed by atoms with Crippen LogP contribution in [0.5, 0.6) is 0 Å². The molecule has 2 aromatic carbocycles. The predicted octanol–water partition coefficient (Wildman–Crippen LogP) is 3.13. The molecule has 0 radical (unpaired) electrons. The van der Waals surface area contributed by atoms with Crippen molar-refractivity contribution in [1.29, 1.82) is 0 Å². The fourth-order valence-corrected chi connectivity index (χ4v) is 3.50. The zero-order valence-corrected chi connectivity index (χ0v) is 14.3. The molecule has 2 rings (SSSR count). The van der Waals surface area contributed by atoms with Crippen molar-refractivity contribution in [3.63, 3.8) is 0 Å². The van der Waals surface area contributed by atoms with Gasteiger partial charge >= 0.3 is 0 Å². The molecule has 0 fully saturated rings. The Bertz CT molecular complexity index is 750. The van der Waals surface area contributed by atoms with Crippen LogP contribution in [0.1, 0.15) is 16.7 Å². The molecule has 112 valence electrons. The van der Waals surface area contributed by atoms with E-state index in [2.05, 4.69) is 20.7 Å². The minimum absolute atomic E-state index is 0.193. The van der Waals surface area contributed by atoms with E-state index in [1.807, 2.05) is 38.1 Å². The van der Waals surface area contributed by atoms with E-state index in [0.29, 0.717) is 5.69 Å². The lowest BCUT2D eigenvalue weighted by Gasteiger charge is -2.11. The van der Waals surface area contributed by atoms with Crippen LogP contribution in [0.4, 0.5) is 5.69 Å². The Morgan fingerprint density at radius 3 is 2.52 bits per heavy atom. The van der Waals surface area contributed by atoms with Crippen molar-refractivity contribution in [3.05, 3.63) is 57.6 Å². The van der Waals surface area contributed by atoms with Crippen molar-refractivity contribution in [2.45, 2.75) is 25.3 Å². The van der Waals surface area contributed by atoms with Crippen LogP contribution in [0.3, 0.4) is 0 Å². The van der Waals surface area contributed by atoms with Gasteiger partial charge in [0.05, 0.1) is 4.90 Å². The molecule has 0 heterocycles. The highest BCUT2D eigenvalue weighted by atomic mass is 79.9. The van der Waals surface area contributed by atoms with Crippen LogP contribution < -0.4 is 10.5 Å². The second-order valence-corrected chi connectivity index (χ2v) is 7.59. The summed E-state index contributed by atoms with van der Waals surface area (Å²) >= 11 is 3.36. The first kappa shape index (κ1) is 16.0. The van der Waals surface area contributed by atoms with Crippen LogP contribution in [-0.4, -0.2) is 8.42 Å². The van der Waals surface area contributed by atoms with E-state index in [9.17, 15) is 8.42 Å². The van der Waals surface area contributed by atoms with Crippen molar-refractivity contribution in [1.82, 2.24) is 4.72 Å². The first-order valence-electron chi connectivity index (χ1n) is 6.40. The summed E-state index contributed by atoms with van der Waals surface area (Å²) in [5.74, 6) is 0. The van der Waals surface area contributed by atoms with E-state index in [1.165, 1.54) is 6.07 Å². The molecule has 0 amide bonds. The topological polar surface area (TPSA) is 72.2 Å². The summed E-state index contributed by atoms with van der Waals surface area (Å²) in [5.41, 5.74) is 8.97. The molecule has 0 saturated heterocycles. The lowest BCUT2D eigenvalue weighted by Crippen LogP contribution is -2.23.